The van der Waals surface area contributed by atoms with E-state index in [2.05, 4.69) is 19.8 Å². The molecule has 2 unspecified atom stereocenters. The van der Waals surface area contributed by atoms with Crippen LogP contribution in [0.1, 0.15) is 18.5 Å². The van der Waals surface area contributed by atoms with E-state index >= 15 is 0 Å². The van der Waals surface area contributed by atoms with Crippen LogP contribution < -0.4 is 4.90 Å². The Labute approximate surface area is 119 Å². The second-order valence-electron chi connectivity index (χ2n) is 6.44. The first kappa shape index (κ1) is 12.1. The van der Waals surface area contributed by atoms with Gasteiger partial charge in [-0.05, 0) is 25.8 Å². The molecule has 3 heterocycles. The lowest BCUT2D eigenvalue weighted by Gasteiger charge is -2.21. The summed E-state index contributed by atoms with van der Waals surface area (Å²) < 4.78 is 0. The van der Waals surface area contributed by atoms with Crippen LogP contribution in [0.3, 0.4) is 0 Å². The number of carbonyl (C=O) groups is 1. The van der Waals surface area contributed by atoms with Crippen molar-refractivity contribution in [3.8, 4) is 0 Å². The van der Waals surface area contributed by atoms with Gasteiger partial charge in [-0.1, -0.05) is 0 Å². The molecule has 0 radical (unpaired) electrons. The zero-order valence-corrected chi connectivity index (χ0v) is 11.8. The first-order valence-electron chi connectivity index (χ1n) is 7.54. The molecule has 1 aliphatic carbocycles. The molecule has 3 aliphatic rings. The summed E-state index contributed by atoms with van der Waals surface area (Å²) in [7, 11) is 0. The number of rotatable bonds is 2. The lowest BCUT2D eigenvalue weighted by molar-refractivity contribution is -0.131. The highest BCUT2D eigenvalue weighted by Crippen LogP contribution is 2.37. The fourth-order valence-electron chi connectivity index (χ4n) is 3.51. The summed E-state index contributed by atoms with van der Waals surface area (Å²) in [6, 6.07) is 1.93. The second kappa shape index (κ2) is 4.43. The van der Waals surface area contributed by atoms with Crippen LogP contribution in [0.25, 0.3) is 0 Å². The molecule has 1 saturated carbocycles. The summed E-state index contributed by atoms with van der Waals surface area (Å²) in [5, 5.41) is 0. The van der Waals surface area contributed by atoms with E-state index in [-0.39, 0.29) is 0 Å². The minimum atomic E-state index is 0.352. The van der Waals surface area contributed by atoms with Crippen molar-refractivity contribution in [2.45, 2.75) is 19.8 Å². The van der Waals surface area contributed by atoms with E-state index in [1.807, 2.05) is 19.2 Å². The lowest BCUT2D eigenvalue weighted by Crippen LogP contribution is -2.34. The van der Waals surface area contributed by atoms with Crippen molar-refractivity contribution >= 4 is 11.9 Å². The molecule has 3 fully saturated rings. The maximum absolute atomic E-state index is 12.1. The first-order chi connectivity index (χ1) is 9.70. The Morgan fingerprint density at radius 1 is 1.20 bits per heavy atom. The van der Waals surface area contributed by atoms with E-state index in [1.165, 1.54) is 0 Å². The topological polar surface area (TPSA) is 49.3 Å². The van der Waals surface area contributed by atoms with Crippen molar-refractivity contribution in [1.82, 2.24) is 14.9 Å². The molecule has 2 saturated heterocycles. The van der Waals surface area contributed by atoms with E-state index in [9.17, 15) is 4.79 Å². The van der Waals surface area contributed by atoms with Gasteiger partial charge in [-0.15, -0.1) is 0 Å². The normalized spacial score (nSPS) is 28.9. The summed E-state index contributed by atoms with van der Waals surface area (Å²) in [6.07, 6.45) is 4.04. The van der Waals surface area contributed by atoms with Gasteiger partial charge in [-0.2, -0.15) is 0 Å². The number of amides is 1. The summed E-state index contributed by atoms with van der Waals surface area (Å²) in [6.45, 7) is 5.84. The van der Waals surface area contributed by atoms with Gasteiger partial charge in [0.15, 0.2) is 0 Å². The Hall–Kier alpha value is -1.65. The molecule has 0 spiro atoms. The van der Waals surface area contributed by atoms with Crippen LogP contribution in [0.4, 0.5) is 5.95 Å². The largest absolute Gasteiger partial charge is 0.342 e. The summed E-state index contributed by atoms with van der Waals surface area (Å²) in [5.74, 6) is 2.80. The number of hydrogen-bond donors (Lipinski definition) is 0. The predicted octanol–water partition coefficient (Wildman–Crippen LogP) is 1.09. The van der Waals surface area contributed by atoms with Crippen LogP contribution in [0, 0.1) is 24.7 Å². The van der Waals surface area contributed by atoms with Crippen molar-refractivity contribution in [1.29, 1.82) is 0 Å². The van der Waals surface area contributed by atoms with Gasteiger partial charge < -0.3 is 9.80 Å². The highest BCUT2D eigenvalue weighted by molar-refractivity contribution is 5.81. The smallest absolute Gasteiger partial charge is 0.225 e. The third-order valence-electron chi connectivity index (χ3n) is 4.79. The number of likely N-dealkylation sites (tertiary alicyclic amines) is 1. The molecule has 2 atom stereocenters. The molecule has 5 nitrogen and oxygen atoms in total. The van der Waals surface area contributed by atoms with Gasteiger partial charge in [-0.25, -0.2) is 9.97 Å². The van der Waals surface area contributed by atoms with Crippen LogP contribution >= 0.6 is 0 Å². The third-order valence-corrected chi connectivity index (χ3v) is 4.79. The lowest BCUT2D eigenvalue weighted by atomic mass is 10.0. The molecular formula is C15H20N4O. The fourth-order valence-corrected chi connectivity index (χ4v) is 3.51. The number of aromatic nitrogens is 2. The monoisotopic (exact) mass is 272 g/mol. The van der Waals surface area contributed by atoms with Crippen molar-refractivity contribution in [2.24, 2.45) is 17.8 Å². The van der Waals surface area contributed by atoms with Crippen LogP contribution in [0.2, 0.25) is 0 Å². The highest BCUT2D eigenvalue weighted by Gasteiger charge is 2.44. The zero-order valence-electron chi connectivity index (χ0n) is 11.8. The fraction of sp³-hybridized carbons (Fsp3) is 0.667. The van der Waals surface area contributed by atoms with Gasteiger partial charge in [0.05, 0.1) is 0 Å². The maximum atomic E-state index is 12.1. The van der Waals surface area contributed by atoms with Crippen molar-refractivity contribution in [3.05, 3.63) is 18.0 Å². The molecule has 2 aliphatic heterocycles. The Bertz CT molecular complexity index is 528. The quantitative estimate of drug-likeness (QED) is 0.808. The number of nitrogens with zero attached hydrogens (tertiary/aromatic N) is 4. The van der Waals surface area contributed by atoms with Gasteiger partial charge >= 0.3 is 0 Å². The van der Waals surface area contributed by atoms with Crippen LogP contribution in [0.15, 0.2) is 12.3 Å². The van der Waals surface area contributed by atoms with Crippen LogP contribution in [-0.4, -0.2) is 47.0 Å². The Morgan fingerprint density at radius 2 is 1.90 bits per heavy atom. The van der Waals surface area contributed by atoms with Gasteiger partial charge in [0.2, 0.25) is 11.9 Å². The Morgan fingerprint density at radius 3 is 2.50 bits per heavy atom. The maximum Gasteiger partial charge on any atom is 0.225 e. The summed E-state index contributed by atoms with van der Waals surface area (Å²) in [5.41, 5.74) is 1.01. The molecule has 1 aromatic heterocycles. The van der Waals surface area contributed by atoms with Crippen LogP contribution in [-0.2, 0) is 4.79 Å². The molecule has 0 bridgehead atoms. The standard InChI is InChI=1S/C15H20N4O/c1-10-4-5-16-15(17-10)19-8-12-6-18(7-13(12)9-19)14(20)11-2-3-11/h4-5,11-13H,2-3,6-9H2,1H3. The number of hydrogen-bond acceptors (Lipinski definition) is 4. The summed E-state index contributed by atoms with van der Waals surface area (Å²) in [4.78, 5) is 25.4. The molecule has 5 heteroatoms. The molecule has 106 valence electrons. The van der Waals surface area contributed by atoms with Crippen molar-refractivity contribution in [3.63, 3.8) is 0 Å². The molecule has 0 N–H and O–H groups in total. The molecule has 1 aromatic rings. The van der Waals surface area contributed by atoms with Gasteiger partial charge in [0.1, 0.15) is 0 Å². The average Bonchev–Trinajstić information content (AvgIpc) is 3.08. The molecule has 1 amide bonds. The molecule has 20 heavy (non-hydrogen) atoms. The SMILES string of the molecule is Cc1ccnc(N2CC3CN(C(=O)C4CC4)CC3C2)n1. The Balaban J connectivity index is 1.42. The zero-order chi connectivity index (χ0) is 13.7. The minimum Gasteiger partial charge on any atom is -0.342 e. The number of fused-ring (bicyclic) bond motifs is 1. The second-order valence-corrected chi connectivity index (χ2v) is 6.44. The summed E-state index contributed by atoms with van der Waals surface area (Å²) >= 11 is 0. The van der Waals surface area contributed by atoms with Crippen molar-refractivity contribution in [2.75, 3.05) is 31.1 Å². The number of carbonyl (C=O) groups excluding carboxylic acids is 1. The van der Waals surface area contributed by atoms with Crippen LogP contribution in [0.5, 0.6) is 0 Å². The third kappa shape index (κ3) is 2.05. The molecule has 0 aromatic carbocycles. The Kier molecular flexibility index (Phi) is 2.69. The highest BCUT2D eigenvalue weighted by atomic mass is 16.2. The van der Waals surface area contributed by atoms with E-state index in [0.29, 0.717) is 23.7 Å². The van der Waals surface area contributed by atoms with E-state index in [0.717, 1.165) is 50.7 Å². The van der Waals surface area contributed by atoms with Gasteiger partial charge in [0, 0.05) is 55.8 Å². The number of anilines is 1. The minimum absolute atomic E-state index is 0.352. The van der Waals surface area contributed by atoms with Gasteiger partial charge in [-0.3, -0.25) is 4.79 Å². The van der Waals surface area contributed by atoms with E-state index < -0.39 is 0 Å². The average molecular weight is 272 g/mol. The first-order valence-corrected chi connectivity index (χ1v) is 7.54. The number of aryl methyl sites for hydroxylation is 1. The molecular weight excluding hydrogens is 252 g/mol. The van der Waals surface area contributed by atoms with E-state index in [1.54, 1.807) is 0 Å². The van der Waals surface area contributed by atoms with Gasteiger partial charge in [0.25, 0.3) is 0 Å². The molecule has 4 rings (SSSR count). The van der Waals surface area contributed by atoms with E-state index in [4.69, 9.17) is 0 Å². The van der Waals surface area contributed by atoms with Crippen molar-refractivity contribution < 1.29 is 4.79 Å². The predicted molar refractivity (Wildman–Crippen MR) is 75.3 cm³/mol.